The third kappa shape index (κ3) is 2.91. The summed E-state index contributed by atoms with van der Waals surface area (Å²) in [6, 6.07) is 12.0. The van der Waals surface area contributed by atoms with Crippen molar-refractivity contribution in [2.75, 3.05) is 5.32 Å². The van der Waals surface area contributed by atoms with Crippen LogP contribution in [0.5, 0.6) is 5.75 Å². The SMILES string of the molecule is C/C(=C\C#N)N1C(=O)c2ccc(C(=O)Nc3cccc(O)c3)cc2C1=O. The van der Waals surface area contributed by atoms with Crippen molar-refractivity contribution >= 4 is 23.4 Å². The molecule has 3 amide bonds. The third-order valence-corrected chi connectivity index (χ3v) is 3.88. The zero-order valence-corrected chi connectivity index (χ0v) is 13.7. The molecule has 2 aromatic rings. The lowest BCUT2D eigenvalue weighted by Crippen LogP contribution is -2.27. The minimum absolute atomic E-state index is 0.00734. The lowest BCUT2D eigenvalue weighted by molar-refractivity contribution is 0.0704. The summed E-state index contributed by atoms with van der Waals surface area (Å²) < 4.78 is 0. The van der Waals surface area contributed by atoms with Crippen molar-refractivity contribution in [3.63, 3.8) is 0 Å². The second kappa shape index (κ2) is 6.53. The molecule has 7 heteroatoms. The minimum Gasteiger partial charge on any atom is -0.508 e. The predicted molar refractivity (Wildman–Crippen MR) is 92.4 cm³/mol. The van der Waals surface area contributed by atoms with Gasteiger partial charge < -0.3 is 10.4 Å². The molecule has 0 spiro atoms. The third-order valence-electron chi connectivity index (χ3n) is 3.88. The number of nitriles is 1. The van der Waals surface area contributed by atoms with Gasteiger partial charge in [-0.25, -0.2) is 4.90 Å². The van der Waals surface area contributed by atoms with E-state index >= 15 is 0 Å². The van der Waals surface area contributed by atoms with Gasteiger partial charge >= 0.3 is 0 Å². The molecule has 0 radical (unpaired) electrons. The Kier molecular flexibility index (Phi) is 4.25. The van der Waals surface area contributed by atoms with Crippen molar-refractivity contribution in [2.24, 2.45) is 0 Å². The lowest BCUT2D eigenvalue weighted by Gasteiger charge is -2.12. The molecule has 0 saturated heterocycles. The van der Waals surface area contributed by atoms with Crippen molar-refractivity contribution in [3.8, 4) is 11.8 Å². The maximum atomic E-state index is 12.5. The quantitative estimate of drug-likeness (QED) is 0.655. The first-order chi connectivity index (χ1) is 12.4. The zero-order valence-electron chi connectivity index (χ0n) is 13.7. The molecule has 0 bridgehead atoms. The molecule has 2 N–H and O–H groups in total. The molecule has 1 aliphatic heterocycles. The summed E-state index contributed by atoms with van der Waals surface area (Å²) in [4.78, 5) is 38.1. The number of amides is 3. The normalized spacial score (nSPS) is 13.4. The maximum absolute atomic E-state index is 12.5. The van der Waals surface area contributed by atoms with E-state index in [2.05, 4.69) is 5.32 Å². The average molecular weight is 347 g/mol. The van der Waals surface area contributed by atoms with Crippen molar-refractivity contribution in [3.05, 3.63) is 70.9 Å². The Morgan fingerprint density at radius 2 is 1.88 bits per heavy atom. The number of carbonyl (C=O) groups is 3. The van der Waals surface area contributed by atoms with Crippen LogP contribution in [0.1, 0.15) is 38.0 Å². The van der Waals surface area contributed by atoms with Crippen molar-refractivity contribution in [1.29, 1.82) is 5.26 Å². The van der Waals surface area contributed by atoms with E-state index in [0.717, 1.165) is 11.0 Å². The van der Waals surface area contributed by atoms with Crippen LogP contribution in [0.2, 0.25) is 0 Å². The maximum Gasteiger partial charge on any atom is 0.265 e. The number of anilines is 1. The summed E-state index contributed by atoms with van der Waals surface area (Å²) >= 11 is 0. The van der Waals surface area contributed by atoms with Gasteiger partial charge in [0.25, 0.3) is 17.7 Å². The number of nitrogens with one attached hydrogen (secondary N) is 1. The number of allylic oxidation sites excluding steroid dienone is 2. The first-order valence-electron chi connectivity index (χ1n) is 7.62. The molecular weight excluding hydrogens is 334 g/mol. The highest BCUT2D eigenvalue weighted by atomic mass is 16.3. The average Bonchev–Trinajstić information content (AvgIpc) is 2.85. The molecule has 2 aromatic carbocycles. The van der Waals surface area contributed by atoms with E-state index in [9.17, 15) is 19.5 Å². The Bertz CT molecular complexity index is 1020. The van der Waals surface area contributed by atoms with Crippen LogP contribution in [0.15, 0.2) is 54.2 Å². The number of carbonyl (C=O) groups excluding carboxylic acids is 3. The number of hydrogen-bond acceptors (Lipinski definition) is 5. The molecule has 0 aromatic heterocycles. The molecule has 1 aliphatic rings. The van der Waals surface area contributed by atoms with Gasteiger partial charge in [0.1, 0.15) is 5.75 Å². The standard InChI is InChI=1S/C19H13N3O4/c1-11(7-8-20)22-18(25)15-6-5-12(9-16(15)19(22)26)17(24)21-13-3-2-4-14(23)10-13/h2-7,9-10,23H,1H3,(H,21,24)/b11-7+. The zero-order chi connectivity index (χ0) is 18.8. The number of phenolic OH excluding ortho intramolecular Hbond substituents is 1. The lowest BCUT2D eigenvalue weighted by atomic mass is 10.1. The van der Waals surface area contributed by atoms with Gasteiger partial charge in [0.05, 0.1) is 17.2 Å². The number of phenols is 1. The molecule has 0 fully saturated rings. The summed E-state index contributed by atoms with van der Waals surface area (Å²) in [5.41, 5.74) is 1.08. The molecule has 0 aliphatic carbocycles. The van der Waals surface area contributed by atoms with E-state index in [1.165, 1.54) is 37.3 Å². The topological polar surface area (TPSA) is 110 Å². The highest BCUT2D eigenvalue weighted by Gasteiger charge is 2.37. The Hall–Kier alpha value is -3.92. The first kappa shape index (κ1) is 16.9. The molecule has 0 atom stereocenters. The highest BCUT2D eigenvalue weighted by molar-refractivity contribution is 6.23. The van der Waals surface area contributed by atoms with Gasteiger partial charge in [0.2, 0.25) is 0 Å². The molecular formula is C19H13N3O4. The van der Waals surface area contributed by atoms with E-state index in [1.54, 1.807) is 18.2 Å². The number of hydrogen-bond donors (Lipinski definition) is 2. The largest absolute Gasteiger partial charge is 0.508 e. The number of aromatic hydroxyl groups is 1. The van der Waals surface area contributed by atoms with Crippen molar-refractivity contribution < 1.29 is 19.5 Å². The van der Waals surface area contributed by atoms with Crippen LogP contribution in [0.4, 0.5) is 5.69 Å². The molecule has 0 unspecified atom stereocenters. The Balaban J connectivity index is 1.90. The van der Waals surface area contributed by atoms with Gasteiger partial charge in [-0.05, 0) is 37.3 Å². The second-order valence-electron chi connectivity index (χ2n) is 5.63. The Morgan fingerprint density at radius 1 is 1.15 bits per heavy atom. The first-order valence-corrected chi connectivity index (χ1v) is 7.62. The van der Waals surface area contributed by atoms with Crippen LogP contribution in [0.3, 0.4) is 0 Å². The van der Waals surface area contributed by atoms with Crippen LogP contribution < -0.4 is 5.32 Å². The number of benzene rings is 2. The van der Waals surface area contributed by atoms with Gasteiger partial charge in [0.15, 0.2) is 0 Å². The summed E-state index contributed by atoms with van der Waals surface area (Å²) in [5, 5.41) is 20.8. The van der Waals surface area contributed by atoms with E-state index in [-0.39, 0.29) is 28.1 Å². The van der Waals surface area contributed by atoms with Gasteiger partial charge in [-0.3, -0.25) is 14.4 Å². The van der Waals surface area contributed by atoms with E-state index in [0.29, 0.717) is 5.69 Å². The summed E-state index contributed by atoms with van der Waals surface area (Å²) in [7, 11) is 0. The summed E-state index contributed by atoms with van der Waals surface area (Å²) in [5.74, 6) is -1.59. The van der Waals surface area contributed by atoms with E-state index in [1.807, 2.05) is 0 Å². The fourth-order valence-electron chi connectivity index (χ4n) is 2.65. The summed E-state index contributed by atoms with van der Waals surface area (Å²) in [6.45, 7) is 1.49. The predicted octanol–water partition coefficient (Wildman–Crippen LogP) is 2.67. The molecule has 0 saturated carbocycles. The van der Waals surface area contributed by atoms with Gasteiger partial charge in [-0.15, -0.1) is 0 Å². The number of imide groups is 1. The van der Waals surface area contributed by atoms with Gasteiger partial charge in [0, 0.05) is 29.1 Å². The fourth-order valence-corrected chi connectivity index (χ4v) is 2.65. The molecule has 1 heterocycles. The van der Waals surface area contributed by atoms with Crippen LogP contribution >= 0.6 is 0 Å². The van der Waals surface area contributed by atoms with Gasteiger partial charge in [-0.1, -0.05) is 6.07 Å². The highest BCUT2D eigenvalue weighted by Crippen LogP contribution is 2.27. The Labute approximate surface area is 148 Å². The Morgan fingerprint density at radius 3 is 2.58 bits per heavy atom. The number of nitrogens with zero attached hydrogens (tertiary/aromatic N) is 2. The molecule has 7 nitrogen and oxygen atoms in total. The van der Waals surface area contributed by atoms with Crippen LogP contribution in [0.25, 0.3) is 0 Å². The molecule has 128 valence electrons. The summed E-state index contributed by atoms with van der Waals surface area (Å²) in [6.07, 6.45) is 1.11. The fraction of sp³-hybridized carbons (Fsp3) is 0.0526. The van der Waals surface area contributed by atoms with Crippen molar-refractivity contribution in [1.82, 2.24) is 4.90 Å². The molecule has 3 rings (SSSR count). The van der Waals surface area contributed by atoms with Crippen molar-refractivity contribution in [2.45, 2.75) is 6.92 Å². The smallest absolute Gasteiger partial charge is 0.265 e. The van der Waals surface area contributed by atoms with Crippen LogP contribution in [-0.2, 0) is 0 Å². The monoisotopic (exact) mass is 347 g/mol. The van der Waals surface area contributed by atoms with Gasteiger partial charge in [-0.2, -0.15) is 5.26 Å². The number of rotatable bonds is 3. The van der Waals surface area contributed by atoms with E-state index in [4.69, 9.17) is 5.26 Å². The van der Waals surface area contributed by atoms with Crippen LogP contribution in [0, 0.1) is 11.3 Å². The minimum atomic E-state index is -0.582. The second-order valence-corrected chi connectivity index (χ2v) is 5.63. The molecule has 26 heavy (non-hydrogen) atoms. The van der Waals surface area contributed by atoms with E-state index < -0.39 is 17.7 Å². The number of fused-ring (bicyclic) bond motifs is 1. The van der Waals surface area contributed by atoms with Crippen LogP contribution in [-0.4, -0.2) is 27.7 Å².